The van der Waals surface area contributed by atoms with Crippen LogP contribution in [0.15, 0.2) is 24.3 Å². The highest BCUT2D eigenvalue weighted by molar-refractivity contribution is 6.30. The smallest absolute Gasteiger partial charge is 0.119 e. The first-order valence-electron chi connectivity index (χ1n) is 7.52. The average Bonchev–Trinajstić information content (AvgIpc) is 2.53. The van der Waals surface area contributed by atoms with Crippen molar-refractivity contribution >= 4 is 11.6 Å². The van der Waals surface area contributed by atoms with Crippen molar-refractivity contribution in [1.82, 2.24) is 5.32 Å². The second-order valence-corrected chi connectivity index (χ2v) is 6.00. The van der Waals surface area contributed by atoms with Gasteiger partial charge in [-0.2, -0.15) is 0 Å². The van der Waals surface area contributed by atoms with E-state index in [0.29, 0.717) is 23.5 Å². The molecule has 0 bridgehead atoms. The molecule has 0 spiro atoms. The van der Waals surface area contributed by atoms with Crippen molar-refractivity contribution < 1.29 is 14.6 Å². The lowest BCUT2D eigenvalue weighted by Gasteiger charge is -2.29. The predicted molar refractivity (Wildman–Crippen MR) is 84.0 cm³/mol. The summed E-state index contributed by atoms with van der Waals surface area (Å²) in [5.74, 6) is 1.35. The molecular weight excluding hydrogens is 290 g/mol. The summed E-state index contributed by atoms with van der Waals surface area (Å²) in [6.07, 6.45) is 1.65. The quantitative estimate of drug-likeness (QED) is 0.812. The maximum Gasteiger partial charge on any atom is 0.119 e. The van der Waals surface area contributed by atoms with Gasteiger partial charge in [-0.1, -0.05) is 11.6 Å². The van der Waals surface area contributed by atoms with Crippen LogP contribution in [0.5, 0.6) is 5.75 Å². The van der Waals surface area contributed by atoms with Gasteiger partial charge in [0.25, 0.3) is 0 Å². The average molecular weight is 314 g/mol. The third-order valence-corrected chi connectivity index (χ3v) is 4.16. The molecule has 2 N–H and O–H groups in total. The van der Waals surface area contributed by atoms with E-state index in [9.17, 15) is 5.11 Å². The summed E-state index contributed by atoms with van der Waals surface area (Å²) in [5.41, 5.74) is 0. The summed E-state index contributed by atoms with van der Waals surface area (Å²) >= 11 is 5.81. The zero-order valence-electron chi connectivity index (χ0n) is 12.4. The lowest BCUT2D eigenvalue weighted by Crippen LogP contribution is -2.41. The lowest BCUT2D eigenvalue weighted by molar-refractivity contribution is 0.0512. The van der Waals surface area contributed by atoms with Crippen LogP contribution in [-0.2, 0) is 4.74 Å². The van der Waals surface area contributed by atoms with E-state index < -0.39 is 6.10 Å². The van der Waals surface area contributed by atoms with Gasteiger partial charge in [-0.3, -0.25) is 0 Å². The molecule has 0 saturated carbocycles. The molecule has 2 atom stereocenters. The second kappa shape index (κ2) is 8.59. The van der Waals surface area contributed by atoms with Crippen molar-refractivity contribution in [3.05, 3.63) is 29.3 Å². The van der Waals surface area contributed by atoms with E-state index in [2.05, 4.69) is 12.2 Å². The van der Waals surface area contributed by atoms with Gasteiger partial charge < -0.3 is 19.9 Å². The summed E-state index contributed by atoms with van der Waals surface area (Å²) in [5, 5.41) is 14.0. The minimum absolute atomic E-state index is 0.273. The molecule has 4 nitrogen and oxygen atoms in total. The Morgan fingerprint density at radius 2 is 2.00 bits per heavy atom. The molecule has 1 aromatic carbocycles. The van der Waals surface area contributed by atoms with E-state index in [-0.39, 0.29) is 6.61 Å². The molecule has 1 fully saturated rings. The van der Waals surface area contributed by atoms with Gasteiger partial charge in [0.05, 0.1) is 0 Å². The summed E-state index contributed by atoms with van der Waals surface area (Å²) < 4.78 is 10.9. The SMILES string of the molecule is CC(NCC(O)COc1ccc(Cl)cc1)C1CCOCC1. The molecule has 2 unspecified atom stereocenters. The Balaban J connectivity index is 1.64. The van der Waals surface area contributed by atoms with E-state index in [1.807, 2.05) is 0 Å². The number of hydrogen-bond donors (Lipinski definition) is 2. The fourth-order valence-electron chi connectivity index (χ4n) is 2.49. The molecule has 118 valence electrons. The summed E-state index contributed by atoms with van der Waals surface area (Å²) in [4.78, 5) is 0. The monoisotopic (exact) mass is 313 g/mol. The van der Waals surface area contributed by atoms with Gasteiger partial charge in [0.2, 0.25) is 0 Å². The van der Waals surface area contributed by atoms with Gasteiger partial charge >= 0.3 is 0 Å². The fraction of sp³-hybridized carbons (Fsp3) is 0.625. The Bertz CT molecular complexity index is 406. The van der Waals surface area contributed by atoms with Gasteiger partial charge in [0.15, 0.2) is 0 Å². The lowest BCUT2D eigenvalue weighted by atomic mass is 9.93. The van der Waals surface area contributed by atoms with Crippen LogP contribution in [0.3, 0.4) is 0 Å². The summed E-state index contributed by atoms with van der Waals surface area (Å²) in [6.45, 7) is 4.67. The highest BCUT2D eigenvalue weighted by Gasteiger charge is 2.20. The third kappa shape index (κ3) is 5.83. The number of hydrogen-bond acceptors (Lipinski definition) is 4. The van der Waals surface area contributed by atoms with E-state index in [0.717, 1.165) is 31.8 Å². The zero-order valence-corrected chi connectivity index (χ0v) is 13.2. The standard InChI is InChI=1S/C16H24ClNO3/c1-12(13-6-8-20-9-7-13)18-10-15(19)11-21-16-4-2-14(17)3-5-16/h2-5,12-13,15,18-19H,6-11H2,1H3. The van der Waals surface area contributed by atoms with Crippen molar-refractivity contribution in [3.8, 4) is 5.75 Å². The molecule has 2 rings (SSSR count). The zero-order chi connectivity index (χ0) is 15.1. The van der Waals surface area contributed by atoms with Crippen molar-refractivity contribution in [1.29, 1.82) is 0 Å². The summed E-state index contributed by atoms with van der Waals surface area (Å²) in [6, 6.07) is 7.53. The van der Waals surface area contributed by atoms with Crippen molar-refractivity contribution in [3.63, 3.8) is 0 Å². The van der Waals surface area contributed by atoms with Crippen LogP contribution in [0.4, 0.5) is 0 Å². The van der Waals surface area contributed by atoms with Gasteiger partial charge in [-0.25, -0.2) is 0 Å². The normalized spacial score (nSPS) is 19.2. The van der Waals surface area contributed by atoms with Gasteiger partial charge in [-0.15, -0.1) is 0 Å². The van der Waals surface area contributed by atoms with Crippen molar-refractivity contribution in [2.45, 2.75) is 31.9 Å². The molecular formula is C16H24ClNO3. The molecule has 1 aromatic rings. The largest absolute Gasteiger partial charge is 0.491 e. The fourth-order valence-corrected chi connectivity index (χ4v) is 2.61. The maximum atomic E-state index is 9.97. The molecule has 1 heterocycles. The summed E-state index contributed by atoms with van der Waals surface area (Å²) in [7, 11) is 0. The minimum atomic E-state index is -0.525. The van der Waals surface area contributed by atoms with Crippen molar-refractivity contribution in [2.75, 3.05) is 26.4 Å². The number of aliphatic hydroxyl groups excluding tert-OH is 1. The molecule has 1 aliphatic heterocycles. The maximum absolute atomic E-state index is 9.97. The van der Waals surface area contributed by atoms with Crippen LogP contribution in [0.25, 0.3) is 0 Å². The number of rotatable bonds is 7. The highest BCUT2D eigenvalue weighted by Crippen LogP contribution is 2.18. The Morgan fingerprint density at radius 1 is 1.33 bits per heavy atom. The number of nitrogens with one attached hydrogen (secondary N) is 1. The van der Waals surface area contributed by atoms with Gasteiger partial charge in [-0.05, 0) is 49.9 Å². The van der Waals surface area contributed by atoms with Gasteiger partial charge in [0, 0.05) is 30.8 Å². The Hall–Kier alpha value is -0.810. The second-order valence-electron chi connectivity index (χ2n) is 5.57. The van der Waals surface area contributed by atoms with Gasteiger partial charge in [0.1, 0.15) is 18.5 Å². The minimum Gasteiger partial charge on any atom is -0.491 e. The number of benzene rings is 1. The predicted octanol–water partition coefficient (Wildman–Crippen LogP) is 2.48. The van der Waals surface area contributed by atoms with Crippen LogP contribution >= 0.6 is 11.6 Å². The molecule has 1 aliphatic rings. The Labute approximate surface area is 131 Å². The van der Waals surface area contributed by atoms with E-state index >= 15 is 0 Å². The molecule has 21 heavy (non-hydrogen) atoms. The molecule has 0 aliphatic carbocycles. The molecule has 0 amide bonds. The first kappa shape index (κ1) is 16.6. The number of halogens is 1. The number of ether oxygens (including phenoxy) is 2. The molecule has 0 aromatic heterocycles. The Kier molecular flexibility index (Phi) is 6.77. The van der Waals surface area contributed by atoms with Crippen LogP contribution in [0.2, 0.25) is 5.02 Å². The van der Waals surface area contributed by atoms with E-state index in [1.165, 1.54) is 0 Å². The van der Waals surface area contributed by atoms with Crippen molar-refractivity contribution in [2.24, 2.45) is 5.92 Å². The van der Waals surface area contributed by atoms with Crippen LogP contribution in [0, 0.1) is 5.92 Å². The first-order chi connectivity index (χ1) is 10.1. The Morgan fingerprint density at radius 3 is 2.67 bits per heavy atom. The third-order valence-electron chi connectivity index (χ3n) is 3.90. The van der Waals surface area contributed by atoms with E-state index in [4.69, 9.17) is 21.1 Å². The number of aliphatic hydroxyl groups is 1. The molecule has 0 radical (unpaired) electrons. The van der Waals surface area contributed by atoms with E-state index in [1.54, 1.807) is 24.3 Å². The highest BCUT2D eigenvalue weighted by atomic mass is 35.5. The topological polar surface area (TPSA) is 50.7 Å². The van der Waals surface area contributed by atoms with Crippen LogP contribution < -0.4 is 10.1 Å². The molecule has 5 heteroatoms. The van der Waals surface area contributed by atoms with Crippen LogP contribution in [0.1, 0.15) is 19.8 Å². The van der Waals surface area contributed by atoms with Crippen LogP contribution in [-0.4, -0.2) is 43.6 Å². The first-order valence-corrected chi connectivity index (χ1v) is 7.90. The molecule has 1 saturated heterocycles.